The zero-order chi connectivity index (χ0) is 22.6. The fourth-order valence-corrected chi connectivity index (χ4v) is 8.67. The van der Waals surface area contributed by atoms with Crippen molar-refractivity contribution in [2.75, 3.05) is 12.3 Å². The van der Waals surface area contributed by atoms with E-state index in [0.717, 1.165) is 39.9 Å². The lowest BCUT2D eigenvalue weighted by atomic mass is 9.79. The van der Waals surface area contributed by atoms with Crippen LogP contribution < -0.4 is 0 Å². The van der Waals surface area contributed by atoms with Gasteiger partial charge in [0.25, 0.3) is 0 Å². The number of thiazole rings is 1. The number of aliphatic hydroxyl groups excluding tert-OH is 1. The van der Waals surface area contributed by atoms with E-state index in [4.69, 9.17) is 4.98 Å². The van der Waals surface area contributed by atoms with Crippen LogP contribution in [0.25, 0.3) is 10.2 Å². The quantitative estimate of drug-likeness (QED) is 0.344. The van der Waals surface area contributed by atoms with Gasteiger partial charge in [-0.1, -0.05) is 30.8 Å². The Hall–Kier alpha value is -1.59. The first-order chi connectivity index (χ1) is 15.4. The van der Waals surface area contributed by atoms with Crippen molar-refractivity contribution in [3.05, 3.63) is 34.9 Å². The normalized spacial score (nSPS) is 29.0. The third-order valence-corrected chi connectivity index (χ3v) is 10.3. The number of amides is 1. The molecule has 0 spiro atoms. The van der Waals surface area contributed by atoms with Gasteiger partial charge in [-0.2, -0.15) is 0 Å². The number of thioether (sulfide) groups is 1. The van der Waals surface area contributed by atoms with E-state index in [1.54, 1.807) is 30.0 Å². The molecule has 10 heteroatoms. The molecule has 7 nitrogen and oxygen atoms in total. The Bertz CT molecular complexity index is 1070. The van der Waals surface area contributed by atoms with Crippen LogP contribution in [0.3, 0.4) is 0 Å². The SMILES string of the molecule is CC1C(SN2CCCC2CSc2nc3ccccc3s2)=C(C(=O)O)N2C(=O)C([C@H](C)O)C12. The Kier molecular flexibility index (Phi) is 6.00. The minimum Gasteiger partial charge on any atom is -0.477 e. The van der Waals surface area contributed by atoms with Crippen molar-refractivity contribution in [1.29, 1.82) is 0 Å². The fourth-order valence-electron chi connectivity index (χ4n) is 4.94. The van der Waals surface area contributed by atoms with E-state index in [2.05, 4.69) is 10.4 Å². The number of hydrogen-bond acceptors (Lipinski definition) is 8. The molecule has 1 amide bonds. The number of carboxylic acids is 1. The Labute approximate surface area is 199 Å². The van der Waals surface area contributed by atoms with Crippen LogP contribution in [0.2, 0.25) is 0 Å². The number of rotatable bonds is 7. The predicted octanol–water partition coefficient (Wildman–Crippen LogP) is 3.65. The van der Waals surface area contributed by atoms with Crippen molar-refractivity contribution >= 4 is 57.1 Å². The summed E-state index contributed by atoms with van der Waals surface area (Å²) in [4.78, 5) is 31.5. The summed E-state index contributed by atoms with van der Waals surface area (Å²) in [6.45, 7) is 4.46. The molecule has 4 heterocycles. The first kappa shape index (κ1) is 22.2. The number of carbonyl (C=O) groups is 2. The molecule has 0 aliphatic carbocycles. The molecule has 5 rings (SSSR count). The molecule has 2 saturated heterocycles. The number of benzene rings is 1. The van der Waals surface area contributed by atoms with Crippen molar-refractivity contribution in [3.63, 3.8) is 0 Å². The summed E-state index contributed by atoms with van der Waals surface area (Å²) in [5.74, 6) is -1.10. The topological polar surface area (TPSA) is 94.0 Å². The summed E-state index contributed by atoms with van der Waals surface area (Å²) >= 11 is 4.95. The number of β-lactam (4-membered cyclic amide) rings is 1. The summed E-state index contributed by atoms with van der Waals surface area (Å²) in [5, 5.41) is 19.9. The Balaban J connectivity index is 1.31. The number of fused-ring (bicyclic) bond motifs is 2. The molecule has 2 aromatic rings. The molecule has 4 unspecified atom stereocenters. The fraction of sp³-hybridized carbons (Fsp3) is 0.500. The van der Waals surface area contributed by atoms with Crippen LogP contribution in [0.1, 0.15) is 26.7 Å². The maximum atomic E-state index is 12.6. The van der Waals surface area contributed by atoms with Crippen LogP contribution in [-0.2, 0) is 9.59 Å². The van der Waals surface area contributed by atoms with Gasteiger partial charge in [0.1, 0.15) is 5.70 Å². The number of hydrogen-bond donors (Lipinski definition) is 2. The highest BCUT2D eigenvalue weighted by Crippen LogP contribution is 2.52. The van der Waals surface area contributed by atoms with E-state index in [9.17, 15) is 19.8 Å². The number of nitrogens with zero attached hydrogens (tertiary/aromatic N) is 3. The lowest BCUT2D eigenvalue weighted by Gasteiger charge is -2.46. The minimum atomic E-state index is -1.07. The minimum absolute atomic E-state index is 0.0962. The zero-order valence-electron chi connectivity index (χ0n) is 17.8. The summed E-state index contributed by atoms with van der Waals surface area (Å²) in [6, 6.07) is 8.18. The standard InChI is InChI=1S/C22H25N3O4S3/c1-11-17-16(12(2)26)20(27)25(17)18(21(28)29)19(11)32-24-9-5-6-13(24)10-30-22-23-14-7-3-4-8-15(14)31-22/h3-4,7-8,11-13,16-17,26H,5-6,9-10H2,1-2H3,(H,28,29)/t11?,12-,13?,16?,17?/m0/s1. The van der Waals surface area contributed by atoms with Crippen LogP contribution in [0.5, 0.6) is 0 Å². The summed E-state index contributed by atoms with van der Waals surface area (Å²) in [6.07, 6.45) is 1.33. The molecule has 170 valence electrons. The van der Waals surface area contributed by atoms with Crippen molar-refractivity contribution in [1.82, 2.24) is 14.2 Å². The van der Waals surface area contributed by atoms with Crippen molar-refractivity contribution in [3.8, 4) is 0 Å². The molecule has 32 heavy (non-hydrogen) atoms. The van der Waals surface area contributed by atoms with Crippen LogP contribution in [0, 0.1) is 11.8 Å². The molecule has 1 aromatic carbocycles. The maximum Gasteiger partial charge on any atom is 0.353 e. The van der Waals surface area contributed by atoms with E-state index in [1.165, 1.54) is 21.5 Å². The first-order valence-electron chi connectivity index (χ1n) is 10.8. The highest BCUT2D eigenvalue weighted by atomic mass is 32.2. The molecular formula is C22H25N3O4S3. The van der Waals surface area contributed by atoms with Crippen molar-refractivity contribution in [2.45, 2.75) is 49.2 Å². The predicted molar refractivity (Wildman–Crippen MR) is 127 cm³/mol. The molecule has 0 bridgehead atoms. The van der Waals surface area contributed by atoms with E-state index in [0.29, 0.717) is 6.04 Å². The Morgan fingerprint density at radius 3 is 2.88 bits per heavy atom. The maximum absolute atomic E-state index is 12.6. The number of aliphatic hydroxyl groups is 1. The number of carboxylic acid groups (broad SMARTS) is 1. The Morgan fingerprint density at radius 2 is 2.16 bits per heavy atom. The molecule has 3 aliphatic heterocycles. The van der Waals surface area contributed by atoms with Gasteiger partial charge in [0.05, 0.1) is 28.3 Å². The highest BCUT2D eigenvalue weighted by Gasteiger charge is 2.60. The highest BCUT2D eigenvalue weighted by molar-refractivity contribution is 8.01. The third kappa shape index (κ3) is 3.66. The van der Waals surface area contributed by atoms with E-state index in [1.807, 2.05) is 25.1 Å². The van der Waals surface area contributed by atoms with Gasteiger partial charge < -0.3 is 15.1 Å². The molecule has 3 aliphatic rings. The van der Waals surface area contributed by atoms with E-state index in [-0.39, 0.29) is 23.6 Å². The van der Waals surface area contributed by atoms with Crippen LogP contribution in [0.4, 0.5) is 0 Å². The van der Waals surface area contributed by atoms with Crippen LogP contribution in [-0.4, -0.2) is 66.8 Å². The first-order valence-corrected chi connectivity index (χ1v) is 13.4. The lowest BCUT2D eigenvalue weighted by molar-refractivity contribution is -0.163. The van der Waals surface area contributed by atoms with Gasteiger partial charge in [0, 0.05) is 29.2 Å². The van der Waals surface area contributed by atoms with E-state index >= 15 is 0 Å². The molecule has 5 atom stereocenters. The zero-order valence-corrected chi connectivity index (χ0v) is 20.3. The van der Waals surface area contributed by atoms with Gasteiger partial charge in [-0.3, -0.25) is 4.79 Å². The largest absolute Gasteiger partial charge is 0.477 e. The van der Waals surface area contributed by atoms with E-state index < -0.39 is 18.0 Å². The van der Waals surface area contributed by atoms with Gasteiger partial charge in [-0.15, -0.1) is 11.3 Å². The smallest absolute Gasteiger partial charge is 0.353 e. The lowest BCUT2D eigenvalue weighted by Crippen LogP contribution is -2.63. The van der Waals surface area contributed by atoms with Crippen molar-refractivity contribution < 1.29 is 19.8 Å². The molecule has 2 fully saturated rings. The van der Waals surface area contributed by atoms with Gasteiger partial charge in [0.2, 0.25) is 5.91 Å². The monoisotopic (exact) mass is 491 g/mol. The second-order valence-corrected chi connectivity index (χ2v) is 11.9. The van der Waals surface area contributed by atoms with Gasteiger partial charge in [0.15, 0.2) is 4.34 Å². The second kappa shape index (κ2) is 8.64. The molecular weight excluding hydrogens is 466 g/mol. The summed E-state index contributed by atoms with van der Waals surface area (Å²) < 4.78 is 4.52. The summed E-state index contributed by atoms with van der Waals surface area (Å²) in [5.41, 5.74) is 1.12. The van der Waals surface area contributed by atoms with Crippen LogP contribution >= 0.6 is 35.0 Å². The summed E-state index contributed by atoms with van der Waals surface area (Å²) in [7, 11) is 0. The van der Waals surface area contributed by atoms with Gasteiger partial charge in [-0.05, 0) is 43.8 Å². The average Bonchev–Trinajstić information content (AvgIpc) is 3.42. The second-order valence-electron chi connectivity index (χ2n) is 8.56. The molecule has 2 N–H and O–H groups in total. The number of aliphatic carboxylic acids is 1. The van der Waals surface area contributed by atoms with Crippen molar-refractivity contribution in [2.24, 2.45) is 11.8 Å². The van der Waals surface area contributed by atoms with Gasteiger partial charge >= 0.3 is 5.97 Å². The number of carbonyl (C=O) groups excluding carboxylic acids is 1. The molecule has 0 radical (unpaired) electrons. The average molecular weight is 492 g/mol. The third-order valence-electron chi connectivity index (χ3n) is 6.52. The molecule has 1 aromatic heterocycles. The van der Waals surface area contributed by atoms with Gasteiger partial charge in [-0.25, -0.2) is 14.1 Å². The number of aromatic nitrogens is 1. The molecule has 0 saturated carbocycles. The number of para-hydroxylation sites is 1. The Morgan fingerprint density at radius 1 is 1.38 bits per heavy atom. The van der Waals surface area contributed by atoms with Crippen LogP contribution in [0.15, 0.2) is 39.2 Å².